The van der Waals surface area contributed by atoms with Crippen molar-refractivity contribution in [2.45, 2.75) is 29.1 Å². The molecular formula is C21H17ClF3N5O4S2. The van der Waals surface area contributed by atoms with Crippen molar-refractivity contribution in [3.63, 3.8) is 0 Å². The largest absolute Gasteiger partial charge is 0.483 e. The molecule has 0 amide bonds. The Morgan fingerprint density at radius 2 is 1.72 bits per heavy atom. The van der Waals surface area contributed by atoms with Gasteiger partial charge in [0.25, 0.3) is 0 Å². The fourth-order valence-electron chi connectivity index (χ4n) is 3.23. The molecule has 3 heterocycles. The van der Waals surface area contributed by atoms with E-state index in [1.807, 2.05) is 0 Å². The smallest absolute Gasteiger partial charge is 0.435 e. The van der Waals surface area contributed by atoms with Crippen LogP contribution in [0.5, 0.6) is 0 Å². The van der Waals surface area contributed by atoms with Crippen LogP contribution in [0.15, 0.2) is 61.4 Å². The van der Waals surface area contributed by atoms with Gasteiger partial charge < -0.3 is 4.42 Å². The molecule has 190 valence electrons. The molecule has 0 aliphatic carbocycles. The number of alkyl halides is 3. The molecule has 36 heavy (non-hydrogen) atoms. The molecule has 15 heteroatoms. The van der Waals surface area contributed by atoms with Gasteiger partial charge in [0.1, 0.15) is 11.2 Å². The maximum atomic E-state index is 13.6. The van der Waals surface area contributed by atoms with Gasteiger partial charge in [-0.1, -0.05) is 18.5 Å². The third-order valence-corrected chi connectivity index (χ3v) is 9.03. The molecule has 0 bridgehead atoms. The standard InChI is InChI=1S/C21H17ClF3N5O4S2/c1-3-29-36(33,21(23,24)25)14-5-6-16-15(8-14)30-20(34-16)18-17(35(31,32)4-2)7-12(9-26-18)19-27-10-13(22)11-28-19/h5-11H,3-4H2,1-2H3. The molecule has 0 saturated heterocycles. The number of rotatable bonds is 6. The highest BCUT2D eigenvalue weighted by molar-refractivity contribution is 7.94. The number of sulfone groups is 1. The number of pyridine rings is 1. The van der Waals surface area contributed by atoms with E-state index in [1.165, 1.54) is 44.6 Å². The zero-order chi connectivity index (χ0) is 26.3. The molecular weight excluding hydrogens is 543 g/mol. The number of hydrogen-bond acceptors (Lipinski definition) is 9. The van der Waals surface area contributed by atoms with Crippen molar-refractivity contribution in [1.82, 2.24) is 19.9 Å². The summed E-state index contributed by atoms with van der Waals surface area (Å²) in [7, 11) is -8.61. The van der Waals surface area contributed by atoms with Crippen molar-refractivity contribution in [3.05, 3.63) is 47.9 Å². The molecule has 0 fully saturated rings. The molecule has 0 spiro atoms. The van der Waals surface area contributed by atoms with E-state index in [9.17, 15) is 25.8 Å². The van der Waals surface area contributed by atoms with Gasteiger partial charge in [-0.2, -0.15) is 13.2 Å². The highest BCUT2D eigenvalue weighted by Crippen LogP contribution is 2.36. The Morgan fingerprint density at radius 3 is 2.33 bits per heavy atom. The van der Waals surface area contributed by atoms with E-state index in [2.05, 4.69) is 24.3 Å². The van der Waals surface area contributed by atoms with Gasteiger partial charge in [0.2, 0.25) is 5.89 Å². The lowest BCUT2D eigenvalue weighted by atomic mass is 10.2. The maximum absolute atomic E-state index is 13.6. The number of fused-ring (bicyclic) bond motifs is 1. The number of benzene rings is 1. The second kappa shape index (κ2) is 9.41. The SMILES string of the molecule is CCN=S(=O)(c1ccc2oc(-c3ncc(-c4ncc(Cl)cn4)cc3S(=O)(=O)CC)nc2c1)C(F)(F)F. The second-order valence-electron chi connectivity index (χ2n) is 7.26. The molecule has 3 aromatic heterocycles. The monoisotopic (exact) mass is 559 g/mol. The first-order chi connectivity index (χ1) is 16.9. The first-order valence-electron chi connectivity index (χ1n) is 10.3. The predicted octanol–water partition coefficient (Wildman–Crippen LogP) is 5.16. The van der Waals surface area contributed by atoms with Gasteiger partial charge in [-0.25, -0.2) is 36.9 Å². The van der Waals surface area contributed by atoms with E-state index in [0.717, 1.165) is 12.1 Å². The van der Waals surface area contributed by atoms with Crippen molar-refractivity contribution >= 4 is 42.3 Å². The van der Waals surface area contributed by atoms with Crippen LogP contribution in [0.2, 0.25) is 5.02 Å². The lowest BCUT2D eigenvalue weighted by Crippen LogP contribution is -2.23. The summed E-state index contributed by atoms with van der Waals surface area (Å²) >= 11 is 5.81. The van der Waals surface area contributed by atoms with Crippen molar-refractivity contribution in [1.29, 1.82) is 0 Å². The van der Waals surface area contributed by atoms with Crippen LogP contribution in [0.25, 0.3) is 34.1 Å². The molecule has 9 nitrogen and oxygen atoms in total. The van der Waals surface area contributed by atoms with Gasteiger partial charge in [-0.05, 0) is 31.2 Å². The Labute approximate surface area is 208 Å². The fraction of sp³-hybridized carbons (Fsp3) is 0.238. The van der Waals surface area contributed by atoms with Gasteiger partial charge in [0.15, 0.2) is 31.0 Å². The van der Waals surface area contributed by atoms with E-state index in [4.69, 9.17) is 16.0 Å². The van der Waals surface area contributed by atoms with E-state index in [1.54, 1.807) is 0 Å². The molecule has 4 aromatic rings. The maximum Gasteiger partial charge on any atom is 0.483 e. The number of nitrogens with zero attached hydrogens (tertiary/aromatic N) is 5. The zero-order valence-electron chi connectivity index (χ0n) is 18.7. The second-order valence-corrected chi connectivity index (χ2v) is 12.2. The number of oxazole rings is 1. The van der Waals surface area contributed by atoms with Gasteiger partial charge in [0.05, 0.1) is 20.6 Å². The van der Waals surface area contributed by atoms with Crippen LogP contribution < -0.4 is 0 Å². The van der Waals surface area contributed by atoms with E-state index in [-0.39, 0.29) is 56.3 Å². The van der Waals surface area contributed by atoms with Crippen LogP contribution >= 0.6 is 11.6 Å². The summed E-state index contributed by atoms with van der Waals surface area (Å²) in [5, 5.41) is 0.289. The highest BCUT2D eigenvalue weighted by atomic mass is 35.5. The third kappa shape index (κ3) is 4.67. The van der Waals surface area contributed by atoms with E-state index in [0.29, 0.717) is 0 Å². The van der Waals surface area contributed by atoms with Crippen LogP contribution in [0, 0.1) is 0 Å². The summed E-state index contributed by atoms with van der Waals surface area (Å²) in [6, 6.07) is 4.43. The quantitative estimate of drug-likeness (QED) is 0.317. The Hall–Kier alpha value is -3.10. The topological polar surface area (TPSA) is 128 Å². The van der Waals surface area contributed by atoms with Gasteiger partial charge >= 0.3 is 5.51 Å². The van der Waals surface area contributed by atoms with Gasteiger partial charge in [-0.3, -0.25) is 0 Å². The van der Waals surface area contributed by atoms with Crippen LogP contribution in [-0.4, -0.2) is 50.4 Å². The summed E-state index contributed by atoms with van der Waals surface area (Å²) in [6.07, 6.45) is 3.99. The summed E-state index contributed by atoms with van der Waals surface area (Å²) in [5.74, 6) is -0.346. The molecule has 0 saturated carbocycles. The fourth-order valence-corrected chi connectivity index (χ4v) is 5.83. The molecule has 1 unspecified atom stereocenters. The van der Waals surface area contributed by atoms with Gasteiger partial charge in [-0.15, -0.1) is 0 Å². The Bertz CT molecular complexity index is 1680. The highest BCUT2D eigenvalue weighted by Gasteiger charge is 2.44. The minimum absolute atomic E-state index is 0.0425. The summed E-state index contributed by atoms with van der Waals surface area (Å²) in [4.78, 5) is 15.6. The van der Waals surface area contributed by atoms with Crippen molar-refractivity contribution in [2.75, 3.05) is 12.3 Å². The molecule has 4 rings (SSSR count). The number of hydrogen-bond donors (Lipinski definition) is 0. The summed E-state index contributed by atoms with van der Waals surface area (Å²) in [6.45, 7) is 2.47. The Morgan fingerprint density at radius 1 is 1.03 bits per heavy atom. The Balaban J connectivity index is 1.89. The van der Waals surface area contributed by atoms with Crippen molar-refractivity contribution in [3.8, 4) is 23.0 Å². The lowest BCUT2D eigenvalue weighted by molar-refractivity contribution is -0.0403. The summed E-state index contributed by atoms with van der Waals surface area (Å²) in [5.41, 5.74) is -5.00. The van der Waals surface area contributed by atoms with Gasteiger partial charge in [0, 0.05) is 30.7 Å². The van der Waals surface area contributed by atoms with Crippen molar-refractivity contribution < 1.29 is 30.2 Å². The van der Waals surface area contributed by atoms with Crippen LogP contribution in [-0.2, 0) is 19.6 Å². The normalized spacial score (nSPS) is 14.1. The average Bonchev–Trinajstić information content (AvgIpc) is 3.27. The molecule has 0 N–H and O–H groups in total. The van der Waals surface area contributed by atoms with E-state index < -0.39 is 30.0 Å². The molecule has 1 aromatic carbocycles. The first kappa shape index (κ1) is 26.0. The first-order valence-corrected chi connectivity index (χ1v) is 13.8. The molecule has 0 radical (unpaired) electrons. The molecule has 0 aliphatic rings. The van der Waals surface area contributed by atoms with Crippen molar-refractivity contribution in [2.24, 2.45) is 4.36 Å². The summed E-state index contributed by atoms with van der Waals surface area (Å²) < 4.78 is 88.0. The number of aromatic nitrogens is 4. The lowest BCUT2D eigenvalue weighted by Gasteiger charge is -2.13. The number of halogens is 4. The minimum Gasteiger partial charge on any atom is -0.435 e. The van der Waals surface area contributed by atoms with Crippen LogP contribution in [0.1, 0.15) is 13.8 Å². The predicted molar refractivity (Wildman–Crippen MR) is 126 cm³/mol. The van der Waals surface area contributed by atoms with E-state index >= 15 is 0 Å². The minimum atomic E-state index is -5.10. The Kier molecular flexibility index (Phi) is 6.79. The third-order valence-electron chi connectivity index (χ3n) is 4.95. The average molecular weight is 560 g/mol. The molecule has 0 aliphatic heterocycles. The molecule has 1 atom stereocenters. The zero-order valence-corrected chi connectivity index (χ0v) is 21.0. The van der Waals surface area contributed by atoms with Crippen LogP contribution in [0.3, 0.4) is 0 Å². The van der Waals surface area contributed by atoms with Crippen LogP contribution in [0.4, 0.5) is 13.2 Å².